The Bertz CT molecular complexity index is 729. The molecule has 3 rings (SSSR count). The fraction of sp³-hybridized carbons (Fsp3) is 0.438. The van der Waals surface area contributed by atoms with Gasteiger partial charge >= 0.3 is 0 Å². The van der Waals surface area contributed by atoms with Crippen molar-refractivity contribution in [2.45, 2.75) is 26.3 Å². The van der Waals surface area contributed by atoms with E-state index < -0.39 is 0 Å². The van der Waals surface area contributed by atoms with E-state index in [9.17, 15) is 10.1 Å². The van der Waals surface area contributed by atoms with Gasteiger partial charge in [-0.2, -0.15) is 0 Å². The summed E-state index contributed by atoms with van der Waals surface area (Å²) in [4.78, 5) is 17.2. The average molecular weight is 300 g/mol. The highest BCUT2D eigenvalue weighted by Crippen LogP contribution is 2.37. The highest BCUT2D eigenvalue weighted by atomic mass is 16.6. The molecule has 0 saturated carbocycles. The van der Waals surface area contributed by atoms with E-state index in [1.165, 1.54) is 0 Å². The van der Waals surface area contributed by atoms with Crippen molar-refractivity contribution in [3.05, 3.63) is 40.7 Å². The van der Waals surface area contributed by atoms with Crippen LogP contribution in [0.25, 0.3) is 10.8 Å². The molecule has 0 radical (unpaired) electrons. The molecule has 116 valence electrons. The molecule has 6 nitrogen and oxygen atoms in total. The van der Waals surface area contributed by atoms with E-state index in [1.54, 1.807) is 18.5 Å². The number of nitrogens with zero attached hydrogens (tertiary/aromatic N) is 3. The number of piperidine rings is 1. The molecule has 1 atom stereocenters. The summed E-state index contributed by atoms with van der Waals surface area (Å²) >= 11 is 0. The molecule has 1 aromatic carbocycles. The summed E-state index contributed by atoms with van der Waals surface area (Å²) in [5.41, 5.74) is 7.33. The summed E-state index contributed by atoms with van der Waals surface area (Å²) < 4.78 is 0. The van der Waals surface area contributed by atoms with E-state index in [4.69, 9.17) is 5.73 Å². The van der Waals surface area contributed by atoms with Crippen LogP contribution in [0, 0.1) is 15.5 Å². The van der Waals surface area contributed by atoms with Crippen LogP contribution in [0.4, 0.5) is 11.4 Å². The number of aromatic nitrogens is 1. The normalized spacial score (nSPS) is 21.0. The van der Waals surface area contributed by atoms with Crippen LogP contribution >= 0.6 is 0 Å². The van der Waals surface area contributed by atoms with E-state index in [1.807, 2.05) is 12.1 Å². The highest BCUT2D eigenvalue weighted by Gasteiger charge is 2.34. The lowest BCUT2D eigenvalue weighted by Crippen LogP contribution is -2.52. The topological polar surface area (TPSA) is 85.3 Å². The van der Waals surface area contributed by atoms with Gasteiger partial charge in [-0.3, -0.25) is 15.1 Å². The van der Waals surface area contributed by atoms with Crippen LogP contribution in [0.2, 0.25) is 0 Å². The van der Waals surface area contributed by atoms with Gasteiger partial charge in [-0.1, -0.05) is 13.8 Å². The summed E-state index contributed by atoms with van der Waals surface area (Å²) in [6.45, 7) is 6.03. The molecular formula is C16H20N4O2. The standard InChI is InChI=1S/C16H20N4O2/c1-16(2)10-19(8-6-15(16)17)13-3-4-14(20(21)22)12-9-18-7-5-11(12)13/h3-5,7,9,15H,6,8,10,17H2,1-2H3. The Labute approximate surface area is 129 Å². The smallest absolute Gasteiger partial charge is 0.278 e. The molecule has 1 aliphatic rings. The largest absolute Gasteiger partial charge is 0.370 e. The summed E-state index contributed by atoms with van der Waals surface area (Å²) in [7, 11) is 0. The van der Waals surface area contributed by atoms with Crippen molar-refractivity contribution in [1.29, 1.82) is 0 Å². The van der Waals surface area contributed by atoms with Crippen molar-refractivity contribution in [3.8, 4) is 0 Å². The average Bonchev–Trinajstić information content (AvgIpc) is 2.48. The molecule has 6 heteroatoms. The van der Waals surface area contributed by atoms with Crippen molar-refractivity contribution in [3.63, 3.8) is 0 Å². The number of hydrogen-bond donors (Lipinski definition) is 1. The second-order valence-corrected chi connectivity index (χ2v) is 6.59. The summed E-state index contributed by atoms with van der Waals surface area (Å²) in [5.74, 6) is 0. The molecule has 0 spiro atoms. The van der Waals surface area contributed by atoms with Gasteiger partial charge in [0.1, 0.15) is 0 Å². The maximum Gasteiger partial charge on any atom is 0.278 e. The molecule has 0 amide bonds. The van der Waals surface area contributed by atoms with E-state index in [0.29, 0.717) is 5.39 Å². The second-order valence-electron chi connectivity index (χ2n) is 6.59. The third-order valence-electron chi connectivity index (χ3n) is 4.62. The zero-order chi connectivity index (χ0) is 15.9. The number of non-ortho nitro benzene ring substituents is 1. The second kappa shape index (κ2) is 5.21. The van der Waals surface area contributed by atoms with E-state index in [2.05, 4.69) is 23.7 Å². The monoisotopic (exact) mass is 300 g/mol. The van der Waals surface area contributed by atoms with Crippen LogP contribution in [0.1, 0.15) is 20.3 Å². The van der Waals surface area contributed by atoms with Crippen LogP contribution in [-0.2, 0) is 0 Å². The van der Waals surface area contributed by atoms with Crippen molar-refractivity contribution in [1.82, 2.24) is 4.98 Å². The lowest BCUT2D eigenvalue weighted by atomic mass is 9.79. The van der Waals surface area contributed by atoms with Crippen LogP contribution in [0.3, 0.4) is 0 Å². The van der Waals surface area contributed by atoms with Crippen LogP contribution in [0.15, 0.2) is 30.6 Å². The van der Waals surface area contributed by atoms with Gasteiger partial charge in [-0.15, -0.1) is 0 Å². The van der Waals surface area contributed by atoms with Gasteiger partial charge < -0.3 is 10.6 Å². The molecule has 1 fully saturated rings. The van der Waals surface area contributed by atoms with Gasteiger partial charge in [0.05, 0.1) is 10.3 Å². The molecule has 22 heavy (non-hydrogen) atoms. The maximum atomic E-state index is 11.2. The third kappa shape index (κ3) is 2.39. The van der Waals surface area contributed by atoms with Crippen LogP contribution in [-0.4, -0.2) is 29.0 Å². The minimum atomic E-state index is -0.357. The molecular weight excluding hydrogens is 280 g/mol. The zero-order valence-electron chi connectivity index (χ0n) is 12.8. The molecule has 2 heterocycles. The highest BCUT2D eigenvalue weighted by molar-refractivity contribution is 5.99. The Kier molecular flexibility index (Phi) is 3.48. The minimum absolute atomic E-state index is 0.0133. The predicted molar refractivity (Wildman–Crippen MR) is 87.0 cm³/mol. The van der Waals surface area contributed by atoms with Crippen LogP contribution < -0.4 is 10.6 Å². The number of pyridine rings is 1. The quantitative estimate of drug-likeness (QED) is 0.681. The number of hydrogen-bond acceptors (Lipinski definition) is 5. The summed E-state index contributed by atoms with van der Waals surface area (Å²) in [6, 6.07) is 5.43. The Morgan fingerprint density at radius 3 is 2.82 bits per heavy atom. The molecule has 1 aromatic heterocycles. The Hall–Kier alpha value is -2.21. The van der Waals surface area contributed by atoms with Crippen molar-refractivity contribution >= 4 is 22.1 Å². The first-order valence-corrected chi connectivity index (χ1v) is 7.42. The first kappa shape index (κ1) is 14.7. The molecule has 0 bridgehead atoms. The van der Waals surface area contributed by atoms with Gasteiger partial charge in [0.25, 0.3) is 5.69 Å². The first-order chi connectivity index (χ1) is 10.4. The molecule has 2 N–H and O–H groups in total. The van der Waals surface area contributed by atoms with Gasteiger partial charge in [0, 0.05) is 48.7 Å². The molecule has 1 unspecified atom stereocenters. The lowest BCUT2D eigenvalue weighted by Gasteiger charge is -2.44. The van der Waals surface area contributed by atoms with E-state index >= 15 is 0 Å². The van der Waals surface area contributed by atoms with Gasteiger partial charge in [-0.05, 0) is 24.0 Å². The number of anilines is 1. The summed E-state index contributed by atoms with van der Waals surface area (Å²) in [6.07, 6.45) is 4.16. The lowest BCUT2D eigenvalue weighted by molar-refractivity contribution is -0.383. The van der Waals surface area contributed by atoms with E-state index in [0.717, 1.165) is 30.6 Å². The number of nitro groups is 1. The molecule has 0 aliphatic carbocycles. The molecule has 1 saturated heterocycles. The Morgan fingerprint density at radius 1 is 1.36 bits per heavy atom. The van der Waals surface area contributed by atoms with Gasteiger partial charge in [-0.25, -0.2) is 0 Å². The maximum absolute atomic E-state index is 11.2. The SMILES string of the molecule is CC1(C)CN(c2ccc([N+](=O)[O-])c3cnccc23)CCC1N. The number of nitro benzene ring substituents is 1. The van der Waals surface area contributed by atoms with Crippen molar-refractivity contribution in [2.24, 2.45) is 11.1 Å². The number of rotatable bonds is 2. The molecule has 2 aromatic rings. The Balaban J connectivity index is 2.09. The van der Waals surface area contributed by atoms with Gasteiger partial charge in [0.15, 0.2) is 0 Å². The zero-order valence-corrected chi connectivity index (χ0v) is 12.8. The van der Waals surface area contributed by atoms with Gasteiger partial charge in [0.2, 0.25) is 0 Å². The third-order valence-corrected chi connectivity index (χ3v) is 4.62. The fourth-order valence-electron chi connectivity index (χ4n) is 3.17. The van der Waals surface area contributed by atoms with Crippen molar-refractivity contribution in [2.75, 3.05) is 18.0 Å². The first-order valence-electron chi connectivity index (χ1n) is 7.42. The minimum Gasteiger partial charge on any atom is -0.370 e. The number of fused-ring (bicyclic) bond motifs is 1. The summed E-state index contributed by atoms with van der Waals surface area (Å²) in [5, 5.41) is 12.6. The number of benzene rings is 1. The van der Waals surface area contributed by atoms with E-state index in [-0.39, 0.29) is 22.1 Å². The Morgan fingerprint density at radius 2 is 2.14 bits per heavy atom. The number of nitrogens with two attached hydrogens (primary N) is 1. The van der Waals surface area contributed by atoms with Crippen molar-refractivity contribution < 1.29 is 4.92 Å². The van der Waals surface area contributed by atoms with Crippen LogP contribution in [0.5, 0.6) is 0 Å². The fourth-order valence-corrected chi connectivity index (χ4v) is 3.17. The molecule has 1 aliphatic heterocycles. The predicted octanol–water partition coefficient (Wildman–Crippen LogP) is 2.71.